The van der Waals surface area contributed by atoms with Crippen LogP contribution in [0.15, 0.2) is 42.5 Å². The molecular weight excluding hydrogens is 338 g/mol. The molecule has 0 aliphatic carbocycles. The zero-order valence-electron chi connectivity index (χ0n) is 14.2. The lowest BCUT2D eigenvalue weighted by molar-refractivity contribution is -0.123. The van der Waals surface area contributed by atoms with Crippen LogP contribution in [0.1, 0.15) is 36.7 Å². The van der Waals surface area contributed by atoms with Crippen LogP contribution in [0.25, 0.3) is 0 Å². The lowest BCUT2D eigenvalue weighted by Crippen LogP contribution is -2.27. The lowest BCUT2D eigenvalue weighted by atomic mass is 9.95. The monoisotopic (exact) mass is 355 g/mol. The molecule has 0 radical (unpaired) electrons. The quantitative estimate of drug-likeness (QED) is 0.853. The predicted octanol–water partition coefficient (Wildman–Crippen LogP) is 4.45. The van der Waals surface area contributed by atoms with Gasteiger partial charge < -0.3 is 10.6 Å². The number of carbonyl (C=O) groups excluding carboxylic acids is 2. The van der Waals surface area contributed by atoms with Gasteiger partial charge in [-0.25, -0.2) is 0 Å². The van der Waals surface area contributed by atoms with Gasteiger partial charge in [-0.15, -0.1) is 0 Å². The fourth-order valence-corrected chi connectivity index (χ4v) is 2.17. The normalized spacial score (nSPS) is 10.7. The minimum absolute atomic E-state index is 0.135. The first kappa shape index (κ1) is 18.5. The number of nitrogens with one attached hydrogen (secondary N) is 2. The standard InChI is InChI=1S/C19H18ClN3O2/c1-19(2,3)18(25)23-14-6-4-5-12(9-14)17(24)22-15-8-7-13(11-21)16(20)10-15/h4-10H,1-3H3,(H,22,24)(H,23,25). The third-order valence-corrected chi connectivity index (χ3v) is 3.72. The van der Waals surface area contributed by atoms with E-state index in [0.29, 0.717) is 22.5 Å². The molecule has 0 aromatic heterocycles. The molecule has 2 rings (SSSR count). The largest absolute Gasteiger partial charge is 0.326 e. The number of benzene rings is 2. The summed E-state index contributed by atoms with van der Waals surface area (Å²) in [4.78, 5) is 24.4. The van der Waals surface area contributed by atoms with Crippen LogP contribution in [0, 0.1) is 16.7 Å². The second kappa shape index (κ2) is 7.37. The molecule has 0 saturated heterocycles. The molecule has 0 fully saturated rings. The molecule has 2 N–H and O–H groups in total. The summed E-state index contributed by atoms with van der Waals surface area (Å²) in [5.41, 5.74) is 1.24. The highest BCUT2D eigenvalue weighted by Gasteiger charge is 2.21. The number of carbonyl (C=O) groups is 2. The number of anilines is 2. The fraction of sp³-hybridized carbons (Fsp3) is 0.211. The van der Waals surface area contributed by atoms with E-state index in [1.54, 1.807) is 30.3 Å². The van der Waals surface area contributed by atoms with Crippen molar-refractivity contribution in [1.82, 2.24) is 0 Å². The molecule has 0 aliphatic rings. The summed E-state index contributed by atoms with van der Waals surface area (Å²) in [6.45, 7) is 5.44. The van der Waals surface area contributed by atoms with Crippen molar-refractivity contribution in [3.63, 3.8) is 0 Å². The van der Waals surface area contributed by atoms with Crippen molar-refractivity contribution >= 4 is 34.8 Å². The average Bonchev–Trinajstić information content (AvgIpc) is 2.54. The summed E-state index contributed by atoms with van der Waals surface area (Å²) in [6.07, 6.45) is 0. The van der Waals surface area contributed by atoms with Crippen molar-refractivity contribution in [2.24, 2.45) is 5.41 Å². The molecule has 0 spiro atoms. The number of halogens is 1. The SMILES string of the molecule is CC(C)(C)C(=O)Nc1cccc(C(=O)Nc2ccc(C#N)c(Cl)c2)c1. The van der Waals surface area contributed by atoms with Gasteiger partial charge in [0.1, 0.15) is 6.07 Å². The Bertz CT molecular complexity index is 864. The van der Waals surface area contributed by atoms with Gasteiger partial charge in [-0.1, -0.05) is 38.4 Å². The van der Waals surface area contributed by atoms with Crippen molar-refractivity contribution in [1.29, 1.82) is 5.26 Å². The Hall–Kier alpha value is -2.84. The minimum atomic E-state index is -0.530. The van der Waals surface area contributed by atoms with Crippen LogP contribution in [0.5, 0.6) is 0 Å². The molecule has 5 nitrogen and oxygen atoms in total. The summed E-state index contributed by atoms with van der Waals surface area (Å²) < 4.78 is 0. The third kappa shape index (κ3) is 4.82. The molecule has 2 amide bonds. The summed E-state index contributed by atoms with van der Waals surface area (Å²) in [5, 5.41) is 14.6. The fourth-order valence-electron chi connectivity index (χ4n) is 1.94. The molecule has 2 aromatic carbocycles. The van der Waals surface area contributed by atoms with E-state index < -0.39 is 5.41 Å². The van der Waals surface area contributed by atoms with Gasteiger partial charge in [0.25, 0.3) is 5.91 Å². The van der Waals surface area contributed by atoms with Gasteiger partial charge in [0.15, 0.2) is 0 Å². The van der Waals surface area contributed by atoms with Gasteiger partial charge in [0, 0.05) is 22.4 Å². The first-order chi connectivity index (χ1) is 11.7. The zero-order chi connectivity index (χ0) is 18.6. The van der Waals surface area contributed by atoms with Crippen molar-refractivity contribution < 1.29 is 9.59 Å². The molecule has 0 heterocycles. The summed E-state index contributed by atoms with van der Waals surface area (Å²) in [6, 6.07) is 13.3. The minimum Gasteiger partial charge on any atom is -0.326 e. The number of nitriles is 1. The van der Waals surface area contributed by atoms with E-state index in [4.69, 9.17) is 16.9 Å². The molecule has 0 saturated carbocycles. The Morgan fingerprint density at radius 2 is 1.72 bits per heavy atom. The van der Waals surface area contributed by atoms with E-state index in [-0.39, 0.29) is 16.8 Å². The van der Waals surface area contributed by atoms with Crippen molar-refractivity contribution in [3.8, 4) is 6.07 Å². The molecule has 2 aromatic rings. The van der Waals surface area contributed by atoms with Gasteiger partial charge in [0.05, 0.1) is 10.6 Å². The predicted molar refractivity (Wildman–Crippen MR) is 98.6 cm³/mol. The van der Waals surface area contributed by atoms with Crippen molar-refractivity contribution in [2.45, 2.75) is 20.8 Å². The topological polar surface area (TPSA) is 82.0 Å². The number of nitrogens with zero attached hydrogens (tertiary/aromatic N) is 1. The van der Waals surface area contributed by atoms with Crippen LogP contribution in [-0.2, 0) is 4.79 Å². The maximum absolute atomic E-state index is 12.4. The Morgan fingerprint density at radius 3 is 2.32 bits per heavy atom. The highest BCUT2D eigenvalue weighted by molar-refractivity contribution is 6.32. The maximum atomic E-state index is 12.4. The van der Waals surface area contributed by atoms with Crippen LogP contribution in [-0.4, -0.2) is 11.8 Å². The summed E-state index contributed by atoms with van der Waals surface area (Å²) in [7, 11) is 0. The van der Waals surface area contributed by atoms with E-state index in [9.17, 15) is 9.59 Å². The van der Waals surface area contributed by atoms with Gasteiger partial charge in [-0.2, -0.15) is 5.26 Å². The molecule has 0 bridgehead atoms. The van der Waals surface area contributed by atoms with Gasteiger partial charge in [0.2, 0.25) is 5.91 Å². The van der Waals surface area contributed by atoms with E-state index in [2.05, 4.69) is 10.6 Å². The smallest absolute Gasteiger partial charge is 0.255 e. The second-order valence-electron chi connectivity index (χ2n) is 6.55. The van der Waals surface area contributed by atoms with Gasteiger partial charge in [-0.3, -0.25) is 9.59 Å². The Balaban J connectivity index is 2.15. The Kier molecular flexibility index (Phi) is 5.45. The first-order valence-electron chi connectivity index (χ1n) is 7.63. The van der Waals surface area contributed by atoms with E-state index in [0.717, 1.165) is 0 Å². The molecule has 0 aliphatic heterocycles. The van der Waals surface area contributed by atoms with E-state index in [1.165, 1.54) is 12.1 Å². The number of hydrogen-bond acceptors (Lipinski definition) is 3. The second-order valence-corrected chi connectivity index (χ2v) is 6.95. The number of amides is 2. The van der Waals surface area contributed by atoms with Gasteiger partial charge in [-0.05, 0) is 36.4 Å². The molecule has 0 atom stereocenters. The van der Waals surface area contributed by atoms with Crippen LogP contribution in [0.3, 0.4) is 0 Å². The maximum Gasteiger partial charge on any atom is 0.255 e. The van der Waals surface area contributed by atoms with E-state index >= 15 is 0 Å². The zero-order valence-corrected chi connectivity index (χ0v) is 14.9. The third-order valence-electron chi connectivity index (χ3n) is 3.41. The number of hydrogen-bond donors (Lipinski definition) is 2. The molecular formula is C19H18ClN3O2. The Morgan fingerprint density at radius 1 is 1.04 bits per heavy atom. The van der Waals surface area contributed by atoms with Crippen LogP contribution in [0.2, 0.25) is 5.02 Å². The highest BCUT2D eigenvalue weighted by Crippen LogP contribution is 2.22. The number of rotatable bonds is 3. The summed E-state index contributed by atoms with van der Waals surface area (Å²) >= 11 is 5.96. The van der Waals surface area contributed by atoms with Crippen LogP contribution >= 0.6 is 11.6 Å². The van der Waals surface area contributed by atoms with Gasteiger partial charge >= 0.3 is 0 Å². The van der Waals surface area contributed by atoms with Crippen LogP contribution in [0.4, 0.5) is 11.4 Å². The molecule has 0 unspecified atom stereocenters. The lowest BCUT2D eigenvalue weighted by Gasteiger charge is -2.18. The summed E-state index contributed by atoms with van der Waals surface area (Å²) in [5.74, 6) is -0.475. The molecule has 128 valence electrons. The van der Waals surface area contributed by atoms with E-state index in [1.807, 2.05) is 26.8 Å². The first-order valence-corrected chi connectivity index (χ1v) is 8.01. The van der Waals surface area contributed by atoms with Crippen molar-refractivity contribution in [3.05, 3.63) is 58.6 Å². The average molecular weight is 356 g/mol. The highest BCUT2D eigenvalue weighted by atomic mass is 35.5. The van der Waals surface area contributed by atoms with Crippen molar-refractivity contribution in [2.75, 3.05) is 10.6 Å². The molecule has 6 heteroatoms. The van der Waals surface area contributed by atoms with Crippen LogP contribution < -0.4 is 10.6 Å². The Labute approximate surface area is 151 Å². The molecule has 25 heavy (non-hydrogen) atoms.